The molecule has 0 spiro atoms. The van der Waals surface area contributed by atoms with Gasteiger partial charge in [-0.25, -0.2) is 0 Å². The molecule has 4 heteroatoms. The smallest absolute Gasteiger partial charge is 0.137 e. The molecular weight excluding hydrogens is 226 g/mol. The third kappa shape index (κ3) is 4.00. The second-order valence-electron chi connectivity index (χ2n) is 3.74. The lowest BCUT2D eigenvalue weighted by atomic mass is 10.2. The van der Waals surface area contributed by atoms with Crippen molar-refractivity contribution in [2.75, 3.05) is 20.3 Å². The van der Waals surface area contributed by atoms with E-state index < -0.39 is 0 Å². The fraction of sp³-hybridized carbons (Fsp3) is 0.500. The predicted octanol–water partition coefficient (Wildman–Crippen LogP) is 2.00. The first kappa shape index (κ1) is 13.3. The first-order valence-electron chi connectivity index (χ1n) is 5.34. The molecule has 0 aliphatic heterocycles. The van der Waals surface area contributed by atoms with Crippen LogP contribution in [0.25, 0.3) is 0 Å². The molecular formula is C12H18ClNO2. The van der Waals surface area contributed by atoms with E-state index in [0.717, 1.165) is 5.56 Å². The van der Waals surface area contributed by atoms with Crippen molar-refractivity contribution >= 4 is 11.6 Å². The Morgan fingerprint density at radius 1 is 1.50 bits per heavy atom. The van der Waals surface area contributed by atoms with Crippen LogP contribution < -0.4 is 10.1 Å². The van der Waals surface area contributed by atoms with Gasteiger partial charge in [0.25, 0.3) is 0 Å². The van der Waals surface area contributed by atoms with Crippen LogP contribution in [0.5, 0.6) is 5.75 Å². The summed E-state index contributed by atoms with van der Waals surface area (Å²) in [5, 5.41) is 12.5. The van der Waals surface area contributed by atoms with Crippen LogP contribution in [0.4, 0.5) is 0 Å². The van der Waals surface area contributed by atoms with Crippen LogP contribution in [0.15, 0.2) is 18.2 Å². The molecule has 0 aliphatic carbocycles. The lowest BCUT2D eigenvalue weighted by Gasteiger charge is -2.16. The van der Waals surface area contributed by atoms with Gasteiger partial charge in [-0.1, -0.05) is 17.7 Å². The number of halogens is 1. The number of rotatable bonds is 6. The zero-order valence-electron chi connectivity index (χ0n) is 9.66. The monoisotopic (exact) mass is 243 g/mol. The highest BCUT2D eigenvalue weighted by atomic mass is 35.5. The molecule has 2 N–H and O–H groups in total. The molecule has 1 rings (SSSR count). The lowest BCUT2D eigenvalue weighted by molar-refractivity contribution is 0.219. The van der Waals surface area contributed by atoms with Gasteiger partial charge in [0, 0.05) is 12.6 Å². The minimum Gasteiger partial charge on any atom is -0.490 e. The third-order valence-electron chi connectivity index (χ3n) is 2.41. The van der Waals surface area contributed by atoms with Crippen molar-refractivity contribution in [3.8, 4) is 5.75 Å². The van der Waals surface area contributed by atoms with E-state index in [-0.39, 0.29) is 12.6 Å². The van der Waals surface area contributed by atoms with Crippen molar-refractivity contribution < 1.29 is 9.84 Å². The summed E-state index contributed by atoms with van der Waals surface area (Å²) in [4.78, 5) is 0. The number of benzene rings is 1. The van der Waals surface area contributed by atoms with Gasteiger partial charge in [0.05, 0.1) is 5.02 Å². The molecule has 3 nitrogen and oxygen atoms in total. The Morgan fingerprint density at radius 2 is 2.25 bits per heavy atom. The van der Waals surface area contributed by atoms with Gasteiger partial charge in [-0.2, -0.15) is 0 Å². The van der Waals surface area contributed by atoms with Gasteiger partial charge in [0.2, 0.25) is 0 Å². The van der Waals surface area contributed by atoms with Crippen molar-refractivity contribution in [1.82, 2.24) is 5.32 Å². The maximum Gasteiger partial charge on any atom is 0.137 e. The van der Waals surface area contributed by atoms with Crippen LogP contribution in [-0.2, 0) is 0 Å². The summed E-state index contributed by atoms with van der Waals surface area (Å²) in [6.07, 6.45) is 0.667. The van der Waals surface area contributed by atoms with Crippen molar-refractivity contribution in [2.24, 2.45) is 0 Å². The van der Waals surface area contributed by atoms with Crippen LogP contribution in [0.3, 0.4) is 0 Å². The number of aliphatic hydroxyl groups excluding tert-OH is 1. The number of nitrogens with one attached hydrogen (secondary N) is 1. The number of likely N-dealkylation sites (N-methyl/N-ethyl adjacent to an activating group) is 1. The van der Waals surface area contributed by atoms with Crippen LogP contribution in [-0.4, -0.2) is 31.4 Å². The second kappa shape index (κ2) is 6.74. The van der Waals surface area contributed by atoms with E-state index in [4.69, 9.17) is 21.4 Å². The summed E-state index contributed by atoms with van der Waals surface area (Å²) >= 11 is 6.04. The molecule has 90 valence electrons. The highest BCUT2D eigenvalue weighted by Crippen LogP contribution is 2.25. The zero-order valence-corrected chi connectivity index (χ0v) is 10.4. The molecule has 1 unspecified atom stereocenters. The minimum absolute atomic E-state index is 0.141. The summed E-state index contributed by atoms with van der Waals surface area (Å²) in [5.41, 5.74) is 1.11. The molecule has 0 aromatic heterocycles. The maximum absolute atomic E-state index is 8.83. The fourth-order valence-corrected chi connectivity index (χ4v) is 1.67. The van der Waals surface area contributed by atoms with Gasteiger partial charge in [-0.05, 0) is 38.1 Å². The van der Waals surface area contributed by atoms with E-state index in [0.29, 0.717) is 23.8 Å². The largest absolute Gasteiger partial charge is 0.490 e. The van der Waals surface area contributed by atoms with Gasteiger partial charge in [0.1, 0.15) is 12.4 Å². The van der Waals surface area contributed by atoms with Gasteiger partial charge >= 0.3 is 0 Å². The lowest BCUT2D eigenvalue weighted by Crippen LogP contribution is -2.32. The van der Waals surface area contributed by atoms with Crippen LogP contribution >= 0.6 is 11.6 Å². The van der Waals surface area contributed by atoms with Crippen molar-refractivity contribution in [1.29, 1.82) is 0 Å². The maximum atomic E-state index is 8.83. The molecule has 1 aromatic rings. The Kier molecular flexibility index (Phi) is 5.60. The zero-order chi connectivity index (χ0) is 12.0. The van der Waals surface area contributed by atoms with Gasteiger partial charge < -0.3 is 15.2 Å². The molecule has 0 radical (unpaired) electrons. The summed E-state index contributed by atoms with van der Waals surface area (Å²) in [5.74, 6) is 0.686. The molecule has 16 heavy (non-hydrogen) atoms. The highest BCUT2D eigenvalue weighted by Gasteiger charge is 2.08. The van der Waals surface area contributed by atoms with Crippen molar-refractivity contribution in [3.05, 3.63) is 28.8 Å². The van der Waals surface area contributed by atoms with E-state index in [2.05, 4.69) is 5.32 Å². The average Bonchev–Trinajstić information content (AvgIpc) is 2.26. The number of hydrogen-bond acceptors (Lipinski definition) is 3. The van der Waals surface area contributed by atoms with Crippen molar-refractivity contribution in [2.45, 2.75) is 19.4 Å². The van der Waals surface area contributed by atoms with Crippen LogP contribution in [0, 0.1) is 6.92 Å². The normalized spacial score (nSPS) is 12.5. The quantitative estimate of drug-likeness (QED) is 0.803. The molecule has 0 bridgehead atoms. The Hall–Kier alpha value is -0.770. The summed E-state index contributed by atoms with van der Waals surface area (Å²) in [7, 11) is 1.85. The Bertz CT molecular complexity index is 331. The predicted molar refractivity (Wildman–Crippen MR) is 66.2 cm³/mol. The third-order valence-corrected chi connectivity index (χ3v) is 2.71. The number of aliphatic hydroxyl groups is 1. The molecule has 1 atom stereocenters. The Labute approximate surface area is 101 Å². The molecule has 0 saturated heterocycles. The standard InChI is InChI=1S/C12H18ClNO2/c1-9-3-4-12(11(13)7-9)16-8-10(14-2)5-6-15/h3-4,7,10,14-15H,5-6,8H2,1-2H3. The Morgan fingerprint density at radius 3 is 2.81 bits per heavy atom. The van der Waals surface area contributed by atoms with Crippen LogP contribution in [0.2, 0.25) is 5.02 Å². The summed E-state index contributed by atoms with van der Waals surface area (Å²) in [6, 6.07) is 5.84. The number of ether oxygens (including phenoxy) is 1. The van der Waals surface area contributed by atoms with Crippen LogP contribution in [0.1, 0.15) is 12.0 Å². The summed E-state index contributed by atoms with van der Waals surface area (Å²) in [6.45, 7) is 2.63. The fourth-order valence-electron chi connectivity index (χ4n) is 1.38. The molecule has 0 heterocycles. The van der Waals surface area contributed by atoms with E-state index in [1.54, 1.807) is 0 Å². The second-order valence-corrected chi connectivity index (χ2v) is 4.15. The molecule has 0 aliphatic rings. The summed E-state index contributed by atoms with van der Waals surface area (Å²) < 4.78 is 5.59. The molecule has 0 amide bonds. The SMILES string of the molecule is CNC(CCO)COc1ccc(C)cc1Cl. The highest BCUT2D eigenvalue weighted by molar-refractivity contribution is 6.32. The molecule has 0 saturated carbocycles. The first-order valence-corrected chi connectivity index (χ1v) is 5.72. The number of hydrogen-bond donors (Lipinski definition) is 2. The Balaban J connectivity index is 2.53. The van der Waals surface area contributed by atoms with Gasteiger partial charge in [0.15, 0.2) is 0 Å². The van der Waals surface area contributed by atoms with Crippen molar-refractivity contribution in [3.63, 3.8) is 0 Å². The van der Waals surface area contributed by atoms with E-state index in [9.17, 15) is 0 Å². The van der Waals surface area contributed by atoms with Gasteiger partial charge in [-0.15, -0.1) is 0 Å². The average molecular weight is 244 g/mol. The van der Waals surface area contributed by atoms with E-state index in [1.165, 1.54) is 0 Å². The topological polar surface area (TPSA) is 41.5 Å². The first-order chi connectivity index (χ1) is 7.67. The van der Waals surface area contributed by atoms with E-state index in [1.807, 2.05) is 32.2 Å². The number of aryl methyl sites for hydroxylation is 1. The van der Waals surface area contributed by atoms with Gasteiger partial charge in [-0.3, -0.25) is 0 Å². The van der Waals surface area contributed by atoms with E-state index >= 15 is 0 Å². The molecule has 0 fully saturated rings. The molecule has 1 aromatic carbocycles. The minimum atomic E-state index is 0.141.